The minimum absolute atomic E-state index is 0.172. The van der Waals surface area contributed by atoms with Gasteiger partial charge in [0.05, 0.1) is 26.1 Å². The fourth-order valence-corrected chi connectivity index (χ4v) is 9.96. The summed E-state index contributed by atoms with van der Waals surface area (Å²) >= 11 is 3.76. The molecule has 0 aromatic heterocycles. The molecule has 10 atom stereocenters. The second kappa shape index (κ2) is 25.4. The van der Waals surface area contributed by atoms with E-state index in [2.05, 4.69) is 0 Å². The summed E-state index contributed by atoms with van der Waals surface area (Å²) in [5.41, 5.74) is 5.86. The van der Waals surface area contributed by atoms with E-state index in [0.29, 0.717) is 44.9 Å². The molecule has 0 saturated carbocycles. The Bertz CT molecular complexity index is 2070. The highest BCUT2D eigenvalue weighted by molar-refractivity contribution is 8.00. The number of ether oxygens (including phenoxy) is 4. The summed E-state index contributed by atoms with van der Waals surface area (Å²) in [5.74, 6) is 2.57. The van der Waals surface area contributed by atoms with E-state index in [4.69, 9.17) is 18.9 Å². The van der Waals surface area contributed by atoms with Crippen LogP contribution in [0.1, 0.15) is 41.5 Å². The van der Waals surface area contributed by atoms with Gasteiger partial charge in [0.25, 0.3) is 0 Å². The summed E-state index contributed by atoms with van der Waals surface area (Å²) in [4.78, 5) is 22.9. The standard InChI is InChI=1S/C49H60O16S2/c50-26-38-42(56)44(58)46(60)48(64-38)62-36-14-12-28(22-34(36)32-10-1-6-30(20-32)24-40(52)53)8-3-16-66-18-5-19-67-17-4-9-29-13-15-37(63-49-47(61)45(59)43(57)39(27-51)65-49)35(23-29)33-11-2-7-31(21-33)25-41(54)55/h1-2,6-7,10-15,20-23,38-39,42-51,56-61H,3-5,8-9,16-19,24-27H2,(H,52,53)(H,54,55)/t38-,39-,42-,43-,44+,45+,46+,47+,48+,49+/m1/s1. The number of aliphatic carboxylic acids is 2. The van der Waals surface area contributed by atoms with E-state index >= 15 is 0 Å². The molecule has 0 bridgehead atoms. The lowest BCUT2D eigenvalue weighted by atomic mass is 9.97. The molecule has 0 unspecified atom stereocenters. The Morgan fingerprint density at radius 3 is 1.28 bits per heavy atom. The maximum absolute atomic E-state index is 11.5. The van der Waals surface area contributed by atoms with Gasteiger partial charge in [-0.2, -0.15) is 23.5 Å². The number of carbonyl (C=O) groups is 2. The van der Waals surface area contributed by atoms with Gasteiger partial charge in [-0.15, -0.1) is 0 Å². The minimum atomic E-state index is -1.61. The fourth-order valence-electron chi connectivity index (χ4n) is 7.97. The fraction of sp³-hybridized carbons (Fsp3) is 0.469. The number of hydrogen-bond acceptors (Lipinski definition) is 16. The summed E-state index contributed by atoms with van der Waals surface area (Å²) < 4.78 is 23.3. The molecule has 0 spiro atoms. The molecule has 4 aromatic rings. The van der Waals surface area contributed by atoms with Crippen molar-refractivity contribution in [2.75, 3.05) is 36.2 Å². The van der Waals surface area contributed by atoms with Gasteiger partial charge < -0.3 is 70.0 Å². The zero-order chi connectivity index (χ0) is 48.0. The van der Waals surface area contributed by atoms with E-state index in [9.17, 15) is 60.7 Å². The third kappa shape index (κ3) is 14.4. The van der Waals surface area contributed by atoms with Gasteiger partial charge in [0.1, 0.15) is 60.3 Å². The zero-order valence-corrected chi connectivity index (χ0v) is 38.4. The molecule has 2 aliphatic heterocycles. The molecule has 0 amide bonds. The number of carboxylic acid groups (broad SMARTS) is 2. The average molecular weight is 969 g/mol. The monoisotopic (exact) mass is 968 g/mol. The Kier molecular flexibility index (Phi) is 19.7. The Labute approximate surface area is 397 Å². The van der Waals surface area contributed by atoms with E-state index in [0.717, 1.165) is 66.2 Å². The van der Waals surface area contributed by atoms with E-state index in [1.807, 2.05) is 59.9 Å². The maximum Gasteiger partial charge on any atom is 0.307 e. The van der Waals surface area contributed by atoms with Crippen LogP contribution in [-0.4, -0.2) is 161 Å². The van der Waals surface area contributed by atoms with Crippen molar-refractivity contribution in [2.24, 2.45) is 0 Å². The zero-order valence-electron chi connectivity index (χ0n) is 36.8. The molecular formula is C49H60O16S2. The molecule has 18 heteroatoms. The maximum atomic E-state index is 11.5. The predicted molar refractivity (Wildman–Crippen MR) is 251 cm³/mol. The lowest BCUT2D eigenvalue weighted by Crippen LogP contribution is -2.60. The van der Waals surface area contributed by atoms with Crippen LogP contribution in [0.5, 0.6) is 11.5 Å². The third-order valence-electron chi connectivity index (χ3n) is 11.5. The third-order valence-corrected chi connectivity index (χ3v) is 13.9. The minimum Gasteiger partial charge on any atom is -0.481 e. The molecule has 67 heavy (non-hydrogen) atoms. The van der Waals surface area contributed by atoms with Crippen LogP contribution in [0, 0.1) is 0 Å². The van der Waals surface area contributed by atoms with E-state index in [1.54, 1.807) is 48.5 Å². The van der Waals surface area contributed by atoms with Crippen molar-refractivity contribution in [3.05, 3.63) is 107 Å². The molecule has 0 radical (unpaired) electrons. The number of carboxylic acids is 2. The SMILES string of the molecule is O=C(O)Cc1cccc(-c2cc(CCCSCCCSCCCc3ccc(O[C@H]4O[C@H](CO)[C@@H](O)[C@H](O)[C@@H]4O)c(-c4cccc(CC(=O)O)c4)c3)ccc2O[C@H]2O[C@H](CO)[C@@H](O)[C@H](O)[C@@H]2O)c1. The lowest BCUT2D eigenvalue weighted by molar-refractivity contribution is -0.277. The van der Waals surface area contributed by atoms with Gasteiger partial charge in [-0.3, -0.25) is 9.59 Å². The molecular weight excluding hydrogens is 909 g/mol. The van der Waals surface area contributed by atoms with Gasteiger partial charge in [-0.25, -0.2) is 0 Å². The predicted octanol–water partition coefficient (Wildman–Crippen LogP) is 3.05. The molecule has 6 rings (SSSR count). The van der Waals surface area contributed by atoms with Gasteiger partial charge in [-0.05, 0) is 113 Å². The first-order chi connectivity index (χ1) is 32.3. The largest absolute Gasteiger partial charge is 0.481 e. The Hall–Kier alpha value is -4.28. The number of benzene rings is 4. The number of hydrogen-bond donors (Lipinski definition) is 10. The first-order valence-electron chi connectivity index (χ1n) is 22.2. The van der Waals surface area contributed by atoms with Gasteiger partial charge in [-0.1, -0.05) is 60.7 Å². The molecule has 10 N–H and O–H groups in total. The summed E-state index contributed by atoms with van der Waals surface area (Å²) in [6.07, 6.45) is -10.5. The van der Waals surface area contributed by atoms with Crippen LogP contribution in [0.15, 0.2) is 84.9 Å². The van der Waals surface area contributed by atoms with Gasteiger partial charge in [0, 0.05) is 11.1 Å². The van der Waals surface area contributed by atoms with Crippen LogP contribution in [-0.2, 0) is 44.7 Å². The second-order valence-electron chi connectivity index (χ2n) is 16.6. The van der Waals surface area contributed by atoms with Crippen molar-refractivity contribution in [2.45, 2.75) is 106 Å². The molecule has 2 heterocycles. The average Bonchev–Trinajstić information content (AvgIpc) is 3.31. The van der Waals surface area contributed by atoms with Gasteiger partial charge >= 0.3 is 11.9 Å². The van der Waals surface area contributed by atoms with E-state index in [1.165, 1.54) is 0 Å². The number of aliphatic hydroxyl groups excluding tert-OH is 8. The van der Waals surface area contributed by atoms with Crippen LogP contribution in [0.25, 0.3) is 22.3 Å². The molecule has 2 fully saturated rings. The van der Waals surface area contributed by atoms with Crippen molar-refractivity contribution < 1.29 is 79.6 Å². The molecule has 16 nitrogen and oxygen atoms in total. The summed E-state index contributed by atoms with van der Waals surface area (Å²) in [7, 11) is 0. The number of rotatable bonds is 24. The molecule has 2 saturated heterocycles. The first kappa shape index (κ1) is 52.1. The van der Waals surface area contributed by atoms with E-state index in [-0.39, 0.29) is 12.8 Å². The molecule has 364 valence electrons. The highest BCUT2D eigenvalue weighted by Gasteiger charge is 2.46. The topological polar surface area (TPSA) is 273 Å². The van der Waals surface area contributed by atoms with Gasteiger partial charge in [0.15, 0.2) is 0 Å². The summed E-state index contributed by atoms with van der Waals surface area (Å²) in [6, 6.07) is 25.3. The van der Waals surface area contributed by atoms with Crippen molar-refractivity contribution in [3.8, 4) is 33.8 Å². The summed E-state index contributed by atoms with van der Waals surface area (Å²) in [5, 5.41) is 100. The Morgan fingerprint density at radius 1 is 0.493 bits per heavy atom. The number of thioether (sulfide) groups is 2. The van der Waals surface area contributed by atoms with Crippen LogP contribution >= 0.6 is 23.5 Å². The van der Waals surface area contributed by atoms with Crippen molar-refractivity contribution >= 4 is 35.5 Å². The Morgan fingerprint density at radius 2 is 0.896 bits per heavy atom. The smallest absolute Gasteiger partial charge is 0.307 e. The quantitative estimate of drug-likeness (QED) is 0.0452. The summed E-state index contributed by atoms with van der Waals surface area (Å²) in [6.45, 7) is -1.19. The number of aliphatic hydroxyl groups is 8. The van der Waals surface area contributed by atoms with Gasteiger partial charge in [0.2, 0.25) is 12.6 Å². The lowest BCUT2D eigenvalue weighted by Gasteiger charge is -2.39. The van der Waals surface area contributed by atoms with E-state index < -0.39 is 86.6 Å². The Balaban J connectivity index is 0.978. The molecule has 0 aliphatic carbocycles. The van der Waals surface area contributed by atoms with Crippen LogP contribution in [0.4, 0.5) is 0 Å². The van der Waals surface area contributed by atoms with Crippen molar-refractivity contribution in [1.29, 1.82) is 0 Å². The molecule has 4 aromatic carbocycles. The molecule has 2 aliphatic rings. The van der Waals surface area contributed by atoms with Crippen molar-refractivity contribution in [1.82, 2.24) is 0 Å². The number of aryl methyl sites for hydroxylation is 2. The van der Waals surface area contributed by atoms with Crippen LogP contribution in [0.3, 0.4) is 0 Å². The highest BCUT2D eigenvalue weighted by Crippen LogP contribution is 2.37. The normalized spacial score (nSPS) is 25.1. The second-order valence-corrected chi connectivity index (χ2v) is 19.1. The highest BCUT2D eigenvalue weighted by atomic mass is 32.2. The van der Waals surface area contributed by atoms with Crippen molar-refractivity contribution in [3.63, 3.8) is 0 Å². The first-order valence-corrected chi connectivity index (χ1v) is 24.5. The van der Waals surface area contributed by atoms with Crippen LogP contribution < -0.4 is 9.47 Å². The van der Waals surface area contributed by atoms with Crippen LogP contribution in [0.2, 0.25) is 0 Å².